The molecule has 0 aliphatic rings. The molecule has 6 nitrogen and oxygen atoms in total. The summed E-state index contributed by atoms with van der Waals surface area (Å²) in [7, 11) is -2.63. The summed E-state index contributed by atoms with van der Waals surface area (Å²) in [5, 5.41) is 2.43. The van der Waals surface area contributed by atoms with Crippen LogP contribution in [0.2, 0.25) is 0 Å². The molecule has 0 aliphatic heterocycles. The number of amides is 1. The number of para-hydroxylation sites is 1. The van der Waals surface area contributed by atoms with Crippen molar-refractivity contribution < 1.29 is 22.3 Å². The predicted octanol–water partition coefficient (Wildman–Crippen LogP) is 3.57. The lowest BCUT2D eigenvalue weighted by Gasteiger charge is -2.13. The summed E-state index contributed by atoms with van der Waals surface area (Å²) >= 11 is 0. The third-order valence-electron chi connectivity index (χ3n) is 4.15. The van der Waals surface area contributed by atoms with Gasteiger partial charge in [0, 0.05) is 12.1 Å². The number of rotatable bonds is 7. The standard InChI is InChI=1S/C21H19FN2O4S/c1-28-19-12-11-16(21(25)24-18-10-6-5-9-17(18)22)13-20(19)29(26,27)23-14-15-7-3-2-4-8-15/h2-13,23H,14H2,1H3,(H,24,25). The van der Waals surface area contributed by atoms with Crippen LogP contribution in [-0.4, -0.2) is 21.4 Å². The highest BCUT2D eigenvalue weighted by Gasteiger charge is 2.22. The van der Waals surface area contributed by atoms with Crippen LogP contribution in [-0.2, 0) is 16.6 Å². The topological polar surface area (TPSA) is 84.5 Å². The molecule has 3 rings (SSSR count). The fraction of sp³-hybridized carbons (Fsp3) is 0.0952. The van der Waals surface area contributed by atoms with Crippen LogP contribution in [0.25, 0.3) is 0 Å². The summed E-state index contributed by atoms with van der Waals surface area (Å²) in [6.07, 6.45) is 0. The number of halogens is 1. The minimum Gasteiger partial charge on any atom is -0.495 e. The summed E-state index contributed by atoms with van der Waals surface area (Å²) < 4.78 is 47.0. The van der Waals surface area contributed by atoms with Gasteiger partial charge in [-0.2, -0.15) is 0 Å². The van der Waals surface area contributed by atoms with Gasteiger partial charge < -0.3 is 10.1 Å². The molecule has 0 aliphatic carbocycles. The number of ether oxygens (including phenoxy) is 1. The van der Waals surface area contributed by atoms with E-state index in [1.807, 2.05) is 6.07 Å². The Hall–Kier alpha value is -3.23. The van der Waals surface area contributed by atoms with E-state index in [1.165, 1.54) is 43.5 Å². The average molecular weight is 414 g/mol. The van der Waals surface area contributed by atoms with Crippen LogP contribution in [0.5, 0.6) is 5.75 Å². The molecular formula is C21H19FN2O4S. The maximum absolute atomic E-state index is 13.8. The number of hydrogen-bond donors (Lipinski definition) is 2. The third kappa shape index (κ3) is 4.98. The van der Waals surface area contributed by atoms with Crippen LogP contribution in [0.1, 0.15) is 15.9 Å². The number of sulfonamides is 1. The van der Waals surface area contributed by atoms with Gasteiger partial charge in [0.1, 0.15) is 16.5 Å². The molecule has 3 aromatic carbocycles. The maximum atomic E-state index is 13.8. The Kier molecular flexibility index (Phi) is 6.26. The van der Waals surface area contributed by atoms with E-state index in [0.29, 0.717) is 0 Å². The van der Waals surface area contributed by atoms with Crippen molar-refractivity contribution in [1.82, 2.24) is 4.72 Å². The van der Waals surface area contributed by atoms with E-state index >= 15 is 0 Å². The van der Waals surface area contributed by atoms with Crippen LogP contribution in [0.4, 0.5) is 10.1 Å². The Labute approximate surface area is 168 Å². The number of anilines is 1. The molecule has 29 heavy (non-hydrogen) atoms. The molecule has 150 valence electrons. The fourth-order valence-electron chi connectivity index (χ4n) is 2.64. The van der Waals surface area contributed by atoms with Crippen LogP contribution in [0.3, 0.4) is 0 Å². The van der Waals surface area contributed by atoms with Gasteiger partial charge in [-0.3, -0.25) is 4.79 Å². The van der Waals surface area contributed by atoms with Crippen molar-refractivity contribution in [3.8, 4) is 5.75 Å². The molecule has 1 amide bonds. The van der Waals surface area contributed by atoms with Crippen molar-refractivity contribution in [2.45, 2.75) is 11.4 Å². The molecule has 0 radical (unpaired) electrons. The Morgan fingerprint density at radius 3 is 2.38 bits per heavy atom. The van der Waals surface area contributed by atoms with Crippen LogP contribution < -0.4 is 14.8 Å². The van der Waals surface area contributed by atoms with E-state index in [4.69, 9.17) is 4.74 Å². The lowest BCUT2D eigenvalue weighted by molar-refractivity contribution is 0.102. The average Bonchev–Trinajstić information content (AvgIpc) is 2.74. The van der Waals surface area contributed by atoms with Crippen molar-refractivity contribution in [2.75, 3.05) is 12.4 Å². The number of nitrogens with one attached hydrogen (secondary N) is 2. The van der Waals surface area contributed by atoms with Gasteiger partial charge in [0.05, 0.1) is 12.8 Å². The zero-order valence-electron chi connectivity index (χ0n) is 15.6. The normalized spacial score (nSPS) is 11.1. The first-order chi connectivity index (χ1) is 13.9. The summed E-state index contributed by atoms with van der Waals surface area (Å²) in [4.78, 5) is 12.3. The molecular weight excluding hydrogens is 395 g/mol. The van der Waals surface area contributed by atoms with Gasteiger partial charge in [-0.05, 0) is 35.9 Å². The van der Waals surface area contributed by atoms with Gasteiger partial charge in [-0.25, -0.2) is 17.5 Å². The number of hydrogen-bond acceptors (Lipinski definition) is 4. The minimum atomic E-state index is -3.97. The first-order valence-electron chi connectivity index (χ1n) is 8.68. The quantitative estimate of drug-likeness (QED) is 0.619. The number of benzene rings is 3. The zero-order chi connectivity index (χ0) is 20.9. The van der Waals surface area contributed by atoms with Crippen molar-refractivity contribution in [3.63, 3.8) is 0 Å². The van der Waals surface area contributed by atoms with Crippen molar-refractivity contribution in [2.24, 2.45) is 0 Å². The largest absolute Gasteiger partial charge is 0.495 e. The lowest BCUT2D eigenvalue weighted by Crippen LogP contribution is -2.24. The molecule has 0 unspecified atom stereocenters. The fourth-order valence-corrected chi connectivity index (χ4v) is 3.85. The smallest absolute Gasteiger partial charge is 0.255 e. The molecule has 0 saturated carbocycles. The molecule has 0 fully saturated rings. The number of carbonyl (C=O) groups excluding carboxylic acids is 1. The van der Waals surface area contributed by atoms with Crippen molar-refractivity contribution in [1.29, 1.82) is 0 Å². The van der Waals surface area contributed by atoms with E-state index in [2.05, 4.69) is 10.0 Å². The first-order valence-corrected chi connectivity index (χ1v) is 10.2. The van der Waals surface area contributed by atoms with Gasteiger partial charge in [0.2, 0.25) is 10.0 Å². The molecule has 3 aromatic rings. The van der Waals surface area contributed by atoms with Crippen molar-refractivity contribution >= 4 is 21.6 Å². The molecule has 0 spiro atoms. The minimum absolute atomic E-state index is 0.0000669. The maximum Gasteiger partial charge on any atom is 0.255 e. The SMILES string of the molecule is COc1ccc(C(=O)Nc2ccccc2F)cc1S(=O)(=O)NCc1ccccc1. The summed E-state index contributed by atoms with van der Waals surface area (Å²) in [5.74, 6) is -1.14. The number of carbonyl (C=O) groups is 1. The Morgan fingerprint density at radius 2 is 1.69 bits per heavy atom. The molecule has 0 heterocycles. The van der Waals surface area contributed by atoms with Gasteiger partial charge >= 0.3 is 0 Å². The van der Waals surface area contributed by atoms with E-state index in [0.717, 1.165) is 5.56 Å². The van der Waals surface area contributed by atoms with Gasteiger partial charge in [0.15, 0.2) is 0 Å². The van der Waals surface area contributed by atoms with Crippen LogP contribution >= 0.6 is 0 Å². The van der Waals surface area contributed by atoms with Gasteiger partial charge in [0.25, 0.3) is 5.91 Å². The van der Waals surface area contributed by atoms with E-state index in [9.17, 15) is 17.6 Å². The summed E-state index contributed by atoms with van der Waals surface area (Å²) in [5.41, 5.74) is 0.831. The Morgan fingerprint density at radius 1 is 1.00 bits per heavy atom. The summed E-state index contributed by atoms with van der Waals surface area (Å²) in [6, 6.07) is 18.7. The molecule has 0 saturated heterocycles. The second-order valence-corrected chi connectivity index (χ2v) is 7.85. The predicted molar refractivity (Wildman–Crippen MR) is 108 cm³/mol. The van der Waals surface area contributed by atoms with Crippen LogP contribution in [0, 0.1) is 5.82 Å². The first kappa shape index (κ1) is 20.5. The molecule has 8 heteroatoms. The highest BCUT2D eigenvalue weighted by Crippen LogP contribution is 2.26. The highest BCUT2D eigenvalue weighted by molar-refractivity contribution is 7.89. The number of methoxy groups -OCH3 is 1. The monoisotopic (exact) mass is 414 g/mol. The molecule has 0 bridgehead atoms. The zero-order valence-corrected chi connectivity index (χ0v) is 16.4. The summed E-state index contributed by atoms with van der Waals surface area (Å²) in [6.45, 7) is 0.0813. The third-order valence-corrected chi connectivity index (χ3v) is 5.57. The van der Waals surface area contributed by atoms with E-state index < -0.39 is 21.7 Å². The van der Waals surface area contributed by atoms with Crippen molar-refractivity contribution in [3.05, 3.63) is 89.7 Å². The highest BCUT2D eigenvalue weighted by atomic mass is 32.2. The van der Waals surface area contributed by atoms with Gasteiger partial charge in [-0.15, -0.1) is 0 Å². The van der Waals surface area contributed by atoms with Gasteiger partial charge in [-0.1, -0.05) is 42.5 Å². The molecule has 0 atom stereocenters. The molecule has 2 N–H and O–H groups in total. The second-order valence-electron chi connectivity index (χ2n) is 6.11. The lowest BCUT2D eigenvalue weighted by atomic mass is 10.2. The Balaban J connectivity index is 1.86. The molecule has 0 aromatic heterocycles. The van der Waals surface area contributed by atoms with E-state index in [-0.39, 0.29) is 28.4 Å². The second kappa shape index (κ2) is 8.85. The Bertz CT molecular complexity index is 1120. The van der Waals surface area contributed by atoms with E-state index in [1.54, 1.807) is 30.3 Å². The van der Waals surface area contributed by atoms with Crippen LogP contribution in [0.15, 0.2) is 77.7 Å².